The van der Waals surface area contributed by atoms with Gasteiger partial charge in [-0.15, -0.1) is 10.2 Å². The van der Waals surface area contributed by atoms with Gasteiger partial charge in [0.25, 0.3) is 0 Å². The minimum Gasteiger partial charge on any atom is -0.386 e. The van der Waals surface area contributed by atoms with Gasteiger partial charge in [0.15, 0.2) is 5.84 Å². The van der Waals surface area contributed by atoms with Crippen LogP contribution in [0, 0.1) is 0 Å². The molecule has 0 saturated heterocycles. The SMILES string of the molecule is C/C(N)=N/N=C(\N)c1ccc(CC(=O)NS)cc1. The van der Waals surface area contributed by atoms with Gasteiger partial charge in [-0.05, 0) is 12.5 Å². The second-order valence-corrected chi connectivity index (χ2v) is 3.86. The van der Waals surface area contributed by atoms with E-state index in [1.165, 1.54) is 0 Å². The first-order chi connectivity index (χ1) is 8.52. The Morgan fingerprint density at radius 3 is 2.39 bits per heavy atom. The predicted molar refractivity (Wildman–Crippen MR) is 75.3 cm³/mol. The third kappa shape index (κ3) is 4.46. The Hall–Kier alpha value is -2.02. The van der Waals surface area contributed by atoms with Gasteiger partial charge in [0.2, 0.25) is 5.91 Å². The summed E-state index contributed by atoms with van der Waals surface area (Å²) >= 11 is 3.68. The molecule has 1 aromatic rings. The van der Waals surface area contributed by atoms with Crippen LogP contribution < -0.4 is 16.2 Å². The Morgan fingerprint density at radius 2 is 1.89 bits per heavy atom. The monoisotopic (exact) mass is 265 g/mol. The highest BCUT2D eigenvalue weighted by molar-refractivity contribution is 7.78. The molecule has 7 heteroatoms. The third-order valence-electron chi connectivity index (χ3n) is 2.05. The summed E-state index contributed by atoms with van der Waals surface area (Å²) in [7, 11) is 0. The van der Waals surface area contributed by atoms with E-state index < -0.39 is 0 Å². The van der Waals surface area contributed by atoms with Crippen molar-refractivity contribution in [1.82, 2.24) is 4.72 Å². The molecule has 1 amide bonds. The molecule has 96 valence electrons. The maximum Gasteiger partial charge on any atom is 0.234 e. The summed E-state index contributed by atoms with van der Waals surface area (Å²) in [6.45, 7) is 1.62. The Labute approximate surface area is 111 Å². The van der Waals surface area contributed by atoms with Crippen LogP contribution in [0.1, 0.15) is 18.1 Å². The Balaban J connectivity index is 2.79. The molecule has 0 heterocycles. The molecule has 0 saturated carbocycles. The average Bonchev–Trinajstić information content (AvgIpc) is 2.36. The summed E-state index contributed by atoms with van der Waals surface area (Å²) in [6, 6.07) is 7.11. The van der Waals surface area contributed by atoms with Crippen molar-refractivity contribution in [3.8, 4) is 0 Å². The summed E-state index contributed by atoms with van der Waals surface area (Å²) in [5, 5.41) is 7.43. The zero-order valence-electron chi connectivity index (χ0n) is 9.92. The number of nitrogens with two attached hydrogens (primary N) is 2. The van der Waals surface area contributed by atoms with Gasteiger partial charge in [-0.25, -0.2) is 0 Å². The number of hydrogen-bond acceptors (Lipinski definition) is 4. The highest BCUT2D eigenvalue weighted by atomic mass is 32.1. The van der Waals surface area contributed by atoms with Crippen LogP contribution in [0.15, 0.2) is 34.5 Å². The van der Waals surface area contributed by atoms with Gasteiger partial charge in [-0.1, -0.05) is 37.1 Å². The van der Waals surface area contributed by atoms with Crippen molar-refractivity contribution in [3.63, 3.8) is 0 Å². The molecule has 1 rings (SSSR count). The lowest BCUT2D eigenvalue weighted by Gasteiger charge is -2.02. The smallest absolute Gasteiger partial charge is 0.234 e. The molecule has 0 unspecified atom stereocenters. The number of thiol groups is 1. The molecule has 0 aliphatic heterocycles. The quantitative estimate of drug-likeness (QED) is 0.270. The molecule has 0 aliphatic carbocycles. The van der Waals surface area contributed by atoms with Crippen LogP contribution in [-0.4, -0.2) is 17.6 Å². The first-order valence-electron chi connectivity index (χ1n) is 5.18. The molecule has 5 N–H and O–H groups in total. The van der Waals surface area contributed by atoms with Crippen LogP contribution in [-0.2, 0) is 11.2 Å². The number of rotatable bonds is 4. The van der Waals surface area contributed by atoms with Gasteiger partial charge >= 0.3 is 0 Å². The van der Waals surface area contributed by atoms with Crippen molar-refractivity contribution >= 4 is 30.4 Å². The third-order valence-corrected chi connectivity index (χ3v) is 2.30. The molecule has 0 bridgehead atoms. The molecule has 6 nitrogen and oxygen atoms in total. The van der Waals surface area contributed by atoms with Crippen LogP contribution in [0.4, 0.5) is 0 Å². The summed E-state index contributed by atoms with van der Waals surface area (Å²) < 4.78 is 2.26. The number of amidine groups is 2. The summed E-state index contributed by atoms with van der Waals surface area (Å²) in [5.74, 6) is 0.432. The van der Waals surface area contributed by atoms with E-state index >= 15 is 0 Å². The van der Waals surface area contributed by atoms with Crippen LogP contribution >= 0.6 is 12.8 Å². The number of carbonyl (C=O) groups excluding carboxylic acids is 1. The topological polar surface area (TPSA) is 106 Å². The van der Waals surface area contributed by atoms with E-state index in [1.807, 2.05) is 0 Å². The van der Waals surface area contributed by atoms with Crippen LogP contribution in [0.3, 0.4) is 0 Å². The summed E-state index contributed by atoms with van der Waals surface area (Å²) in [6.07, 6.45) is 0.265. The van der Waals surface area contributed by atoms with E-state index in [9.17, 15) is 4.79 Å². The number of nitrogens with zero attached hydrogens (tertiary/aromatic N) is 2. The van der Waals surface area contributed by atoms with Gasteiger partial charge in [-0.3, -0.25) is 4.79 Å². The maximum absolute atomic E-state index is 11.1. The lowest BCUT2D eigenvalue weighted by molar-refractivity contribution is -0.118. The predicted octanol–water partition coefficient (Wildman–Crippen LogP) is 0.187. The largest absolute Gasteiger partial charge is 0.386 e. The molecule has 0 radical (unpaired) electrons. The number of carbonyl (C=O) groups is 1. The van der Waals surface area contributed by atoms with Crippen molar-refractivity contribution in [2.75, 3.05) is 0 Å². The lowest BCUT2D eigenvalue weighted by atomic mass is 10.1. The normalized spacial score (nSPS) is 12.3. The molecule has 0 fully saturated rings. The fraction of sp³-hybridized carbons (Fsp3) is 0.182. The Morgan fingerprint density at radius 1 is 1.28 bits per heavy atom. The van der Waals surface area contributed by atoms with Crippen LogP contribution in [0.25, 0.3) is 0 Å². The molecule has 0 aliphatic rings. The average molecular weight is 265 g/mol. The van der Waals surface area contributed by atoms with E-state index in [0.29, 0.717) is 5.84 Å². The van der Waals surface area contributed by atoms with E-state index in [2.05, 4.69) is 27.7 Å². The second-order valence-electron chi connectivity index (χ2n) is 3.64. The molecule has 0 atom stereocenters. The van der Waals surface area contributed by atoms with Crippen molar-refractivity contribution in [1.29, 1.82) is 0 Å². The molecule has 1 aromatic carbocycles. The number of nitrogens with one attached hydrogen (secondary N) is 1. The van der Waals surface area contributed by atoms with Gasteiger partial charge < -0.3 is 16.2 Å². The highest BCUT2D eigenvalue weighted by Gasteiger charge is 2.02. The van der Waals surface area contributed by atoms with E-state index in [0.717, 1.165) is 11.1 Å². The minimum absolute atomic E-state index is 0.170. The first kappa shape index (κ1) is 14.0. The highest BCUT2D eigenvalue weighted by Crippen LogP contribution is 2.05. The zero-order valence-corrected chi connectivity index (χ0v) is 10.8. The number of hydrogen-bond donors (Lipinski definition) is 4. The van der Waals surface area contributed by atoms with Crippen LogP contribution in [0.2, 0.25) is 0 Å². The van der Waals surface area contributed by atoms with E-state index in [4.69, 9.17) is 11.5 Å². The number of amides is 1. The van der Waals surface area contributed by atoms with Crippen molar-refractivity contribution < 1.29 is 4.79 Å². The van der Waals surface area contributed by atoms with Gasteiger partial charge in [-0.2, -0.15) is 0 Å². The lowest BCUT2D eigenvalue weighted by Crippen LogP contribution is -2.16. The van der Waals surface area contributed by atoms with Crippen molar-refractivity contribution in [2.45, 2.75) is 13.3 Å². The molecule has 0 aromatic heterocycles. The molecular weight excluding hydrogens is 250 g/mol. The zero-order chi connectivity index (χ0) is 13.5. The summed E-state index contributed by atoms with van der Waals surface area (Å²) in [5.41, 5.74) is 12.6. The van der Waals surface area contributed by atoms with Gasteiger partial charge in [0.1, 0.15) is 5.84 Å². The second kappa shape index (κ2) is 6.65. The fourth-order valence-corrected chi connectivity index (χ4v) is 1.29. The fourth-order valence-electron chi connectivity index (χ4n) is 1.21. The summed E-state index contributed by atoms with van der Waals surface area (Å²) in [4.78, 5) is 11.1. The van der Waals surface area contributed by atoms with Crippen LogP contribution in [0.5, 0.6) is 0 Å². The van der Waals surface area contributed by atoms with Gasteiger partial charge in [0.05, 0.1) is 6.42 Å². The van der Waals surface area contributed by atoms with E-state index in [-0.39, 0.29) is 18.2 Å². The maximum atomic E-state index is 11.1. The molecular formula is C11H15N5OS. The molecule has 18 heavy (non-hydrogen) atoms. The van der Waals surface area contributed by atoms with Crippen molar-refractivity contribution in [3.05, 3.63) is 35.4 Å². The van der Waals surface area contributed by atoms with Gasteiger partial charge in [0, 0.05) is 5.56 Å². The Bertz CT molecular complexity index is 477. The van der Waals surface area contributed by atoms with Crippen molar-refractivity contribution in [2.24, 2.45) is 21.7 Å². The number of benzene rings is 1. The Kier molecular flexibility index (Phi) is 5.19. The standard InChI is InChI=1S/C11H15N5OS/c1-7(12)14-15-11(13)9-4-2-8(3-5-9)6-10(17)16-18/h2-5,18H,6H2,1H3,(H2,12,14)(H2,13,15)(H,16,17). The molecule has 0 spiro atoms. The van der Waals surface area contributed by atoms with E-state index in [1.54, 1.807) is 31.2 Å². The minimum atomic E-state index is -0.170. The first-order valence-corrected chi connectivity index (χ1v) is 5.63.